The van der Waals surface area contributed by atoms with E-state index < -0.39 is 0 Å². The molecule has 0 aliphatic heterocycles. The highest BCUT2D eigenvalue weighted by atomic mass is 16.6. The maximum Gasteiger partial charge on any atom is 0.415 e. The van der Waals surface area contributed by atoms with E-state index >= 15 is 0 Å². The van der Waals surface area contributed by atoms with Crippen molar-refractivity contribution < 1.29 is 9.53 Å². The molecule has 4 heteroatoms. The molecule has 0 fully saturated rings. The van der Waals surface area contributed by atoms with Gasteiger partial charge in [-0.1, -0.05) is 30.3 Å². The highest BCUT2D eigenvalue weighted by Gasteiger charge is 2.14. The summed E-state index contributed by atoms with van der Waals surface area (Å²) in [4.78, 5) is 13.7. The first-order chi connectivity index (χ1) is 9.69. The quantitative estimate of drug-likeness (QED) is 0.867. The van der Waals surface area contributed by atoms with Crippen molar-refractivity contribution in [3.8, 4) is 5.75 Å². The zero-order chi connectivity index (χ0) is 14.4. The average molecular weight is 270 g/mol. The van der Waals surface area contributed by atoms with Crippen molar-refractivity contribution in [3.63, 3.8) is 0 Å². The van der Waals surface area contributed by atoms with E-state index in [-0.39, 0.29) is 6.09 Å². The molecule has 0 unspecified atom stereocenters. The summed E-state index contributed by atoms with van der Waals surface area (Å²) < 4.78 is 5.33. The summed E-state index contributed by atoms with van der Waals surface area (Å²) in [5.74, 6) is 0.496. The maximum atomic E-state index is 12.1. The summed E-state index contributed by atoms with van der Waals surface area (Å²) in [5.41, 5.74) is 7.31. The lowest BCUT2D eigenvalue weighted by Crippen LogP contribution is -2.32. The molecule has 0 aromatic heterocycles. The van der Waals surface area contributed by atoms with Gasteiger partial charge in [-0.05, 0) is 36.8 Å². The normalized spacial score (nSPS) is 10.1. The van der Waals surface area contributed by atoms with E-state index in [1.807, 2.05) is 37.3 Å². The number of benzene rings is 2. The van der Waals surface area contributed by atoms with Gasteiger partial charge in [-0.15, -0.1) is 0 Å². The van der Waals surface area contributed by atoms with E-state index in [9.17, 15) is 4.79 Å². The van der Waals surface area contributed by atoms with Crippen LogP contribution in [0, 0.1) is 0 Å². The Morgan fingerprint density at radius 2 is 1.75 bits per heavy atom. The maximum absolute atomic E-state index is 12.1. The lowest BCUT2D eigenvalue weighted by Gasteiger charge is -2.20. The number of carbonyl (C=O) groups excluding carboxylic acids is 1. The van der Waals surface area contributed by atoms with Crippen LogP contribution in [0.5, 0.6) is 5.75 Å². The first kappa shape index (κ1) is 13.9. The molecule has 2 N–H and O–H groups in total. The first-order valence-electron chi connectivity index (χ1n) is 6.55. The first-order valence-corrected chi connectivity index (χ1v) is 6.55. The van der Waals surface area contributed by atoms with Crippen LogP contribution in [0.25, 0.3) is 0 Å². The fraction of sp³-hybridized carbons (Fsp3) is 0.188. The standard InChI is InChI=1S/C16H18N2O2/c1-2-18(12-13-6-4-3-5-7-13)16(19)20-15-10-8-14(17)9-11-15/h3-11H,2,12,17H2,1H3. The summed E-state index contributed by atoms with van der Waals surface area (Å²) in [6.07, 6.45) is -0.360. The van der Waals surface area contributed by atoms with Crippen LogP contribution in [0.2, 0.25) is 0 Å². The number of nitrogens with two attached hydrogens (primary N) is 1. The summed E-state index contributed by atoms with van der Waals surface area (Å²) in [6, 6.07) is 16.6. The number of nitrogen functional groups attached to an aromatic ring is 1. The molecule has 2 aromatic carbocycles. The van der Waals surface area contributed by atoms with Gasteiger partial charge in [0.25, 0.3) is 0 Å². The Bertz CT molecular complexity index is 552. The molecule has 0 radical (unpaired) electrons. The summed E-state index contributed by atoms with van der Waals surface area (Å²) >= 11 is 0. The van der Waals surface area contributed by atoms with Crippen molar-refractivity contribution in [1.82, 2.24) is 4.90 Å². The highest BCUT2D eigenvalue weighted by Crippen LogP contribution is 2.15. The Hall–Kier alpha value is -2.49. The van der Waals surface area contributed by atoms with Gasteiger partial charge < -0.3 is 15.4 Å². The Balaban J connectivity index is 2.00. The van der Waals surface area contributed by atoms with Crippen LogP contribution in [0.4, 0.5) is 10.5 Å². The van der Waals surface area contributed by atoms with Gasteiger partial charge in [0.1, 0.15) is 5.75 Å². The van der Waals surface area contributed by atoms with E-state index in [0.717, 1.165) is 5.56 Å². The van der Waals surface area contributed by atoms with Gasteiger partial charge in [0.2, 0.25) is 0 Å². The van der Waals surface area contributed by atoms with Crippen LogP contribution in [0.3, 0.4) is 0 Å². The van der Waals surface area contributed by atoms with Crippen molar-refractivity contribution >= 4 is 11.8 Å². The Morgan fingerprint density at radius 3 is 2.35 bits per heavy atom. The lowest BCUT2D eigenvalue weighted by molar-refractivity contribution is 0.152. The minimum absolute atomic E-state index is 0.360. The van der Waals surface area contributed by atoms with Crippen molar-refractivity contribution in [2.45, 2.75) is 13.5 Å². The van der Waals surface area contributed by atoms with Gasteiger partial charge in [0, 0.05) is 18.8 Å². The minimum atomic E-state index is -0.360. The van der Waals surface area contributed by atoms with Gasteiger partial charge in [0.05, 0.1) is 0 Å². The predicted octanol–water partition coefficient (Wildman–Crippen LogP) is 3.29. The van der Waals surface area contributed by atoms with Crippen molar-refractivity contribution in [1.29, 1.82) is 0 Å². The van der Waals surface area contributed by atoms with E-state index in [4.69, 9.17) is 10.5 Å². The van der Waals surface area contributed by atoms with Gasteiger partial charge >= 0.3 is 6.09 Å². The topological polar surface area (TPSA) is 55.6 Å². The number of anilines is 1. The number of carbonyl (C=O) groups is 1. The van der Waals surface area contributed by atoms with Gasteiger partial charge in [0.15, 0.2) is 0 Å². The molecule has 0 aliphatic rings. The molecule has 2 aromatic rings. The monoisotopic (exact) mass is 270 g/mol. The van der Waals surface area contributed by atoms with Crippen LogP contribution < -0.4 is 10.5 Å². The average Bonchev–Trinajstić information content (AvgIpc) is 2.48. The van der Waals surface area contributed by atoms with Gasteiger partial charge in [-0.2, -0.15) is 0 Å². The van der Waals surface area contributed by atoms with E-state index in [0.29, 0.717) is 24.5 Å². The molecule has 0 aliphatic carbocycles. The fourth-order valence-electron chi connectivity index (χ4n) is 1.81. The Kier molecular flexibility index (Phi) is 4.60. The molecule has 0 saturated heterocycles. The third-order valence-electron chi connectivity index (χ3n) is 2.94. The van der Waals surface area contributed by atoms with E-state index in [1.165, 1.54) is 0 Å². The van der Waals surface area contributed by atoms with Crippen molar-refractivity contribution in [2.75, 3.05) is 12.3 Å². The van der Waals surface area contributed by atoms with Crippen molar-refractivity contribution in [2.24, 2.45) is 0 Å². The second kappa shape index (κ2) is 6.61. The molecule has 104 valence electrons. The molecule has 20 heavy (non-hydrogen) atoms. The third kappa shape index (κ3) is 3.75. The molecule has 0 spiro atoms. The molecule has 0 heterocycles. The number of ether oxygens (including phenoxy) is 1. The summed E-state index contributed by atoms with van der Waals surface area (Å²) in [7, 11) is 0. The Labute approximate surface area is 118 Å². The number of amides is 1. The van der Waals surface area contributed by atoms with Gasteiger partial charge in [-0.25, -0.2) is 4.79 Å². The lowest BCUT2D eigenvalue weighted by atomic mass is 10.2. The second-order valence-corrected chi connectivity index (χ2v) is 4.44. The van der Waals surface area contributed by atoms with Crippen LogP contribution in [-0.2, 0) is 6.54 Å². The van der Waals surface area contributed by atoms with E-state index in [2.05, 4.69) is 0 Å². The molecular weight excluding hydrogens is 252 g/mol. The highest BCUT2D eigenvalue weighted by molar-refractivity contribution is 5.70. The fourth-order valence-corrected chi connectivity index (χ4v) is 1.81. The molecule has 0 saturated carbocycles. The largest absolute Gasteiger partial charge is 0.415 e. The summed E-state index contributed by atoms with van der Waals surface area (Å²) in [6.45, 7) is 3.04. The number of hydrogen-bond acceptors (Lipinski definition) is 3. The van der Waals surface area contributed by atoms with Crippen LogP contribution in [0.1, 0.15) is 12.5 Å². The molecular formula is C16H18N2O2. The van der Waals surface area contributed by atoms with Crippen LogP contribution >= 0.6 is 0 Å². The molecule has 4 nitrogen and oxygen atoms in total. The predicted molar refractivity (Wildman–Crippen MR) is 79.4 cm³/mol. The van der Waals surface area contributed by atoms with Crippen LogP contribution in [-0.4, -0.2) is 17.5 Å². The van der Waals surface area contributed by atoms with E-state index in [1.54, 1.807) is 29.2 Å². The van der Waals surface area contributed by atoms with Crippen LogP contribution in [0.15, 0.2) is 54.6 Å². The molecule has 0 atom stereocenters. The van der Waals surface area contributed by atoms with Gasteiger partial charge in [-0.3, -0.25) is 0 Å². The Morgan fingerprint density at radius 1 is 1.10 bits per heavy atom. The molecule has 2 rings (SSSR count). The van der Waals surface area contributed by atoms with Crippen molar-refractivity contribution in [3.05, 3.63) is 60.2 Å². The number of nitrogens with zero attached hydrogens (tertiary/aromatic N) is 1. The second-order valence-electron chi connectivity index (χ2n) is 4.44. The molecule has 1 amide bonds. The SMILES string of the molecule is CCN(Cc1ccccc1)C(=O)Oc1ccc(N)cc1. The minimum Gasteiger partial charge on any atom is -0.410 e. The smallest absolute Gasteiger partial charge is 0.410 e. The summed E-state index contributed by atoms with van der Waals surface area (Å²) in [5, 5.41) is 0. The molecule has 0 bridgehead atoms. The zero-order valence-corrected chi connectivity index (χ0v) is 11.5. The third-order valence-corrected chi connectivity index (χ3v) is 2.94. The number of rotatable bonds is 4. The number of hydrogen-bond donors (Lipinski definition) is 1. The zero-order valence-electron chi connectivity index (χ0n) is 11.5.